The zero-order valence-electron chi connectivity index (χ0n) is 32.5. The largest absolute Gasteiger partial charge is 0.461 e. The van der Waals surface area contributed by atoms with Crippen molar-refractivity contribution in [2.24, 2.45) is 0 Å². The van der Waals surface area contributed by atoms with E-state index in [-0.39, 0.29) is 24.9 Å². The van der Waals surface area contributed by atoms with Gasteiger partial charge in [-0.1, -0.05) is 204 Å². The zero-order valence-corrected chi connectivity index (χ0v) is 32.5. The van der Waals surface area contributed by atoms with Crippen molar-refractivity contribution in [3.05, 3.63) is 60.8 Å². The van der Waals surface area contributed by atoms with Gasteiger partial charge in [-0.2, -0.15) is 0 Å². The van der Waals surface area contributed by atoms with E-state index in [1.54, 1.807) is 0 Å². The number of aliphatic hydroxyl groups is 2. The molecule has 3 unspecified atom stereocenters. The number of carbonyl (C=O) groups excluding carboxylic acids is 2. The van der Waals surface area contributed by atoms with Gasteiger partial charge in [0.15, 0.2) is 0 Å². The molecular weight excluding hydrogens is 622 g/mol. The van der Waals surface area contributed by atoms with Crippen LogP contribution in [0.15, 0.2) is 60.8 Å². The summed E-state index contributed by atoms with van der Waals surface area (Å²) < 4.78 is 5.78. The monoisotopic (exact) mass is 700 g/mol. The Hall–Kier alpha value is -2.44. The van der Waals surface area contributed by atoms with E-state index in [4.69, 9.17) is 4.74 Å². The number of carbonyl (C=O) groups is 2. The Morgan fingerprint density at radius 3 is 1.52 bits per heavy atom. The van der Waals surface area contributed by atoms with Crippen LogP contribution in [0.5, 0.6) is 0 Å². The second-order valence-corrected chi connectivity index (χ2v) is 13.8. The molecule has 0 aliphatic rings. The van der Waals surface area contributed by atoms with Gasteiger partial charge in [0.05, 0.1) is 25.2 Å². The van der Waals surface area contributed by atoms with E-state index in [0.717, 1.165) is 44.9 Å². The van der Waals surface area contributed by atoms with Gasteiger partial charge in [-0.3, -0.25) is 9.59 Å². The van der Waals surface area contributed by atoms with Crippen molar-refractivity contribution in [1.29, 1.82) is 0 Å². The quantitative estimate of drug-likeness (QED) is 0.0348. The molecule has 6 heteroatoms. The Morgan fingerprint density at radius 1 is 0.600 bits per heavy atom. The first-order chi connectivity index (χ1) is 24.5. The molecule has 3 N–H and O–H groups in total. The zero-order chi connectivity index (χ0) is 36.8. The lowest BCUT2D eigenvalue weighted by Gasteiger charge is -2.24. The second kappa shape index (κ2) is 37.8. The molecule has 0 radical (unpaired) electrons. The molecule has 1 amide bonds. The lowest BCUT2D eigenvalue weighted by molar-refractivity contribution is -0.150. The summed E-state index contributed by atoms with van der Waals surface area (Å²) in [7, 11) is 0. The van der Waals surface area contributed by atoms with Crippen LogP contribution in [0, 0.1) is 0 Å². The Balaban J connectivity index is 4.80. The minimum atomic E-state index is -0.814. The molecule has 0 spiro atoms. The number of amides is 1. The van der Waals surface area contributed by atoms with E-state index in [0.29, 0.717) is 19.3 Å². The summed E-state index contributed by atoms with van der Waals surface area (Å²) in [5, 5.41) is 23.4. The summed E-state index contributed by atoms with van der Waals surface area (Å²) in [5.41, 5.74) is 0. The van der Waals surface area contributed by atoms with Crippen molar-refractivity contribution in [3.8, 4) is 0 Å². The van der Waals surface area contributed by atoms with Gasteiger partial charge in [-0.05, 0) is 19.3 Å². The summed E-state index contributed by atoms with van der Waals surface area (Å²) in [6, 6.07) is -0.735. The highest BCUT2D eigenvalue weighted by Gasteiger charge is 2.23. The minimum Gasteiger partial charge on any atom is -0.461 e. The average Bonchev–Trinajstić information content (AvgIpc) is 3.10. The van der Waals surface area contributed by atoms with Crippen LogP contribution in [0.25, 0.3) is 0 Å². The predicted molar refractivity (Wildman–Crippen MR) is 213 cm³/mol. The van der Waals surface area contributed by atoms with Gasteiger partial charge in [0.1, 0.15) is 6.10 Å². The van der Waals surface area contributed by atoms with Crippen LogP contribution in [0.1, 0.15) is 181 Å². The molecule has 0 aromatic heterocycles. The molecule has 0 saturated heterocycles. The molecule has 0 rings (SSSR count). The average molecular weight is 700 g/mol. The molecule has 0 aromatic rings. The van der Waals surface area contributed by atoms with Crippen molar-refractivity contribution in [3.63, 3.8) is 0 Å². The first kappa shape index (κ1) is 47.6. The van der Waals surface area contributed by atoms with Gasteiger partial charge in [-0.15, -0.1) is 0 Å². The second-order valence-electron chi connectivity index (χ2n) is 13.8. The molecule has 0 fully saturated rings. The maximum absolute atomic E-state index is 13.0. The number of nitrogens with one attached hydrogen (secondary N) is 1. The van der Waals surface area contributed by atoms with E-state index in [9.17, 15) is 19.8 Å². The third-order valence-electron chi connectivity index (χ3n) is 8.99. The molecule has 6 nitrogen and oxygen atoms in total. The summed E-state index contributed by atoms with van der Waals surface area (Å²) in [4.78, 5) is 25.8. The van der Waals surface area contributed by atoms with Crippen LogP contribution >= 0.6 is 0 Å². The van der Waals surface area contributed by atoms with Gasteiger partial charge in [-0.25, -0.2) is 0 Å². The van der Waals surface area contributed by atoms with Crippen LogP contribution < -0.4 is 5.32 Å². The van der Waals surface area contributed by atoms with Crippen LogP contribution in [-0.4, -0.2) is 46.9 Å². The summed E-state index contributed by atoms with van der Waals surface area (Å²) in [5.74, 6) is -0.614. The Kier molecular flexibility index (Phi) is 36.0. The maximum atomic E-state index is 13.0. The van der Waals surface area contributed by atoms with Crippen molar-refractivity contribution in [1.82, 2.24) is 5.32 Å². The maximum Gasteiger partial charge on any atom is 0.306 e. The number of rotatable bonds is 35. The normalized spacial score (nSPS) is 14.1. The topological polar surface area (TPSA) is 95.9 Å². The number of aliphatic hydroxyl groups excluding tert-OH is 2. The number of hydrogen-bond donors (Lipinski definition) is 3. The van der Waals surface area contributed by atoms with Crippen LogP contribution in [0.3, 0.4) is 0 Å². The SMILES string of the molecule is CC/C=C/C=C/C=C\C=C/C=C/CC(CC(=O)NC(CO)C(O)CCCCCCCCCCC)OC(=O)CCCCCCCCCCCCC. The third kappa shape index (κ3) is 32.7. The predicted octanol–water partition coefficient (Wildman–Crippen LogP) is 11.3. The van der Waals surface area contributed by atoms with Crippen molar-refractivity contribution in [2.45, 2.75) is 200 Å². The van der Waals surface area contributed by atoms with Crippen LogP contribution in [0.2, 0.25) is 0 Å². The number of ether oxygens (including phenoxy) is 1. The van der Waals surface area contributed by atoms with E-state index in [1.807, 2.05) is 54.7 Å². The van der Waals surface area contributed by atoms with Gasteiger partial charge in [0.2, 0.25) is 5.91 Å². The van der Waals surface area contributed by atoms with Gasteiger partial charge < -0.3 is 20.3 Å². The highest BCUT2D eigenvalue weighted by molar-refractivity contribution is 5.77. The molecule has 3 atom stereocenters. The number of esters is 1. The van der Waals surface area contributed by atoms with E-state index in [2.05, 4.69) is 32.2 Å². The molecule has 0 aliphatic heterocycles. The Bertz CT molecular complexity index is 921. The van der Waals surface area contributed by atoms with Gasteiger partial charge in [0, 0.05) is 12.8 Å². The highest BCUT2D eigenvalue weighted by Crippen LogP contribution is 2.15. The smallest absolute Gasteiger partial charge is 0.306 e. The summed E-state index contributed by atoms with van der Waals surface area (Å²) in [6.45, 7) is 6.24. The fraction of sp³-hybridized carbons (Fsp3) is 0.727. The highest BCUT2D eigenvalue weighted by atomic mass is 16.5. The lowest BCUT2D eigenvalue weighted by Crippen LogP contribution is -2.46. The van der Waals surface area contributed by atoms with E-state index < -0.39 is 18.2 Å². The number of unbranched alkanes of at least 4 members (excludes halogenated alkanes) is 18. The number of hydrogen-bond acceptors (Lipinski definition) is 5. The van der Waals surface area contributed by atoms with Crippen molar-refractivity contribution < 1.29 is 24.5 Å². The Labute approximate surface area is 308 Å². The summed E-state index contributed by atoms with van der Waals surface area (Å²) >= 11 is 0. The first-order valence-electron chi connectivity index (χ1n) is 20.6. The summed E-state index contributed by atoms with van der Waals surface area (Å²) in [6.07, 6.45) is 44.5. The molecule has 0 heterocycles. The molecule has 288 valence electrons. The Morgan fingerprint density at radius 2 is 1.04 bits per heavy atom. The van der Waals surface area contributed by atoms with Crippen LogP contribution in [0.4, 0.5) is 0 Å². The van der Waals surface area contributed by atoms with Gasteiger partial charge >= 0.3 is 5.97 Å². The standard InChI is InChI=1S/C44H77NO5/c1-4-7-10-13-16-19-21-24-26-29-32-35-40(50-44(49)37-34-31-28-25-22-20-17-14-11-8-5-2)38-43(48)45-41(39-46)42(47)36-33-30-27-23-18-15-12-9-6-3/h7,10,13,16,19,21,24,26,29,32,40-42,46-47H,4-6,8-9,11-12,14-15,17-18,20,22-23,25,27-28,30-31,33-39H2,1-3H3,(H,45,48)/b10-7+,16-13+,21-19-,26-24-,32-29+. The molecule has 0 aliphatic carbocycles. The molecule has 0 aromatic carbocycles. The molecule has 0 saturated carbocycles. The molecular formula is C44H77NO5. The fourth-order valence-electron chi connectivity index (χ4n) is 5.86. The molecule has 50 heavy (non-hydrogen) atoms. The van der Waals surface area contributed by atoms with E-state index in [1.165, 1.54) is 89.9 Å². The third-order valence-corrected chi connectivity index (χ3v) is 8.99. The number of allylic oxidation sites excluding steroid dienone is 9. The first-order valence-corrected chi connectivity index (χ1v) is 20.6. The van der Waals surface area contributed by atoms with Crippen molar-refractivity contribution in [2.75, 3.05) is 6.61 Å². The van der Waals surface area contributed by atoms with Crippen molar-refractivity contribution >= 4 is 11.9 Å². The lowest BCUT2D eigenvalue weighted by atomic mass is 10.0. The van der Waals surface area contributed by atoms with E-state index >= 15 is 0 Å². The van der Waals surface area contributed by atoms with Crippen LogP contribution in [-0.2, 0) is 14.3 Å². The molecule has 0 bridgehead atoms. The van der Waals surface area contributed by atoms with Gasteiger partial charge in [0.25, 0.3) is 0 Å². The fourth-order valence-corrected chi connectivity index (χ4v) is 5.86. The minimum absolute atomic E-state index is 0.0186.